The van der Waals surface area contributed by atoms with Crippen molar-refractivity contribution in [3.63, 3.8) is 0 Å². The summed E-state index contributed by atoms with van der Waals surface area (Å²) in [5, 5.41) is 2.32. The van der Waals surface area contributed by atoms with E-state index in [2.05, 4.69) is 15.2 Å². The molecule has 0 saturated carbocycles. The average molecular weight is 498 g/mol. The van der Waals surface area contributed by atoms with Crippen molar-refractivity contribution in [2.24, 2.45) is 0 Å². The molecular weight excluding hydrogens is 470 g/mol. The quantitative estimate of drug-likeness (QED) is 0.580. The van der Waals surface area contributed by atoms with E-state index < -0.39 is 22.0 Å². The lowest BCUT2D eigenvalue weighted by atomic mass is 10.0. The molecule has 184 valence electrons. The molecule has 0 bridgehead atoms. The minimum Gasteiger partial charge on any atom is -0.322 e. The Hall–Kier alpha value is -3.15. The standard InChI is InChI=1S/C24H27N5O5S/c1-27(35(2,33)34)18-13-28(14-18)11-15-7-8-25-20(9-15)16-3-4-19-17(10-16)12-29(24(19)32)21-5-6-22(30)26-23(21)31/h3-4,7-10,18,21H,5-6,11-14H2,1-2H3,(H,26,30,31)/t21-/m0/s1. The highest BCUT2D eigenvalue weighted by atomic mass is 32.2. The zero-order valence-corrected chi connectivity index (χ0v) is 20.4. The van der Waals surface area contributed by atoms with Gasteiger partial charge in [-0.15, -0.1) is 0 Å². The number of amides is 3. The Morgan fingerprint density at radius 3 is 2.63 bits per heavy atom. The molecule has 4 heterocycles. The lowest BCUT2D eigenvalue weighted by molar-refractivity contribution is -0.136. The fourth-order valence-corrected chi connectivity index (χ4v) is 5.57. The Kier molecular flexibility index (Phi) is 5.94. The minimum atomic E-state index is -3.20. The van der Waals surface area contributed by atoms with Crippen LogP contribution in [0.4, 0.5) is 0 Å². The van der Waals surface area contributed by atoms with Crippen LogP contribution in [0.1, 0.15) is 34.3 Å². The summed E-state index contributed by atoms with van der Waals surface area (Å²) >= 11 is 0. The number of hydrogen-bond acceptors (Lipinski definition) is 7. The molecule has 0 unspecified atom stereocenters. The van der Waals surface area contributed by atoms with Crippen LogP contribution in [-0.2, 0) is 32.7 Å². The van der Waals surface area contributed by atoms with Gasteiger partial charge in [0, 0.05) is 63.0 Å². The van der Waals surface area contributed by atoms with Gasteiger partial charge in [0.1, 0.15) is 6.04 Å². The molecule has 3 aliphatic heterocycles. The number of nitrogens with zero attached hydrogens (tertiary/aromatic N) is 4. The van der Waals surface area contributed by atoms with Gasteiger partial charge in [-0.25, -0.2) is 8.42 Å². The lowest BCUT2D eigenvalue weighted by Crippen LogP contribution is -2.58. The van der Waals surface area contributed by atoms with Crippen molar-refractivity contribution in [2.45, 2.75) is 38.0 Å². The summed E-state index contributed by atoms with van der Waals surface area (Å²) in [5.41, 5.74) is 4.12. The van der Waals surface area contributed by atoms with Gasteiger partial charge in [0.05, 0.1) is 11.9 Å². The summed E-state index contributed by atoms with van der Waals surface area (Å²) in [4.78, 5) is 44.9. The average Bonchev–Trinajstić information content (AvgIpc) is 3.10. The predicted octanol–water partition coefficient (Wildman–Crippen LogP) is 0.585. The number of aromatic nitrogens is 1. The number of sulfonamides is 1. The van der Waals surface area contributed by atoms with Crippen molar-refractivity contribution >= 4 is 27.7 Å². The van der Waals surface area contributed by atoms with E-state index >= 15 is 0 Å². The number of fused-ring (bicyclic) bond motifs is 1. The first kappa shape index (κ1) is 23.6. The predicted molar refractivity (Wildman–Crippen MR) is 127 cm³/mol. The number of likely N-dealkylation sites (N-methyl/N-ethyl adjacent to an activating group) is 1. The van der Waals surface area contributed by atoms with Crippen LogP contribution in [0, 0.1) is 0 Å². The van der Waals surface area contributed by atoms with Crippen molar-refractivity contribution in [3.05, 3.63) is 53.2 Å². The first-order chi connectivity index (χ1) is 16.6. The van der Waals surface area contributed by atoms with Gasteiger partial charge in [0.25, 0.3) is 5.91 Å². The molecule has 0 radical (unpaired) electrons. The number of likely N-dealkylation sites (tertiary alicyclic amines) is 1. The number of piperidine rings is 1. The van der Waals surface area contributed by atoms with Crippen molar-refractivity contribution in [1.82, 2.24) is 24.4 Å². The topological polar surface area (TPSA) is 120 Å². The summed E-state index contributed by atoms with van der Waals surface area (Å²) in [6.07, 6.45) is 3.52. The SMILES string of the molecule is CN(C1CN(Cc2ccnc(-c3ccc4c(c3)CN([C@H]3CCC(=O)NC3=O)C4=O)c2)C1)S(C)(=O)=O. The number of carbonyl (C=O) groups excluding carboxylic acids is 3. The second-order valence-electron chi connectivity index (χ2n) is 9.45. The first-order valence-electron chi connectivity index (χ1n) is 11.5. The molecule has 1 aromatic carbocycles. The molecule has 1 aromatic heterocycles. The van der Waals surface area contributed by atoms with Crippen molar-refractivity contribution in [3.8, 4) is 11.3 Å². The number of rotatable bonds is 6. The van der Waals surface area contributed by atoms with Crippen LogP contribution in [0.3, 0.4) is 0 Å². The summed E-state index contributed by atoms with van der Waals surface area (Å²) in [6.45, 7) is 2.37. The zero-order valence-electron chi connectivity index (χ0n) is 19.6. The molecule has 0 spiro atoms. The van der Waals surface area contributed by atoms with Crippen LogP contribution >= 0.6 is 0 Å². The van der Waals surface area contributed by atoms with E-state index in [1.807, 2.05) is 24.3 Å². The van der Waals surface area contributed by atoms with Gasteiger partial charge in [-0.3, -0.25) is 29.6 Å². The van der Waals surface area contributed by atoms with E-state index in [4.69, 9.17) is 0 Å². The molecule has 10 nitrogen and oxygen atoms in total. The third kappa shape index (κ3) is 4.58. The number of hydrogen-bond donors (Lipinski definition) is 1. The van der Waals surface area contributed by atoms with Gasteiger partial charge >= 0.3 is 0 Å². The highest BCUT2D eigenvalue weighted by Crippen LogP contribution is 2.31. The van der Waals surface area contributed by atoms with Crippen LogP contribution in [0.15, 0.2) is 36.5 Å². The highest BCUT2D eigenvalue weighted by Gasteiger charge is 2.39. The molecule has 3 aliphatic rings. The smallest absolute Gasteiger partial charge is 0.255 e. The molecule has 3 amide bonds. The highest BCUT2D eigenvalue weighted by molar-refractivity contribution is 7.88. The molecule has 2 fully saturated rings. The zero-order chi connectivity index (χ0) is 24.9. The van der Waals surface area contributed by atoms with Crippen LogP contribution in [0.25, 0.3) is 11.3 Å². The van der Waals surface area contributed by atoms with E-state index in [1.54, 1.807) is 19.3 Å². The van der Waals surface area contributed by atoms with Crippen LogP contribution in [0.5, 0.6) is 0 Å². The van der Waals surface area contributed by atoms with E-state index in [9.17, 15) is 22.8 Å². The Labute approximate surface area is 204 Å². The minimum absolute atomic E-state index is 0.00660. The van der Waals surface area contributed by atoms with Crippen LogP contribution < -0.4 is 5.32 Å². The number of imide groups is 1. The summed E-state index contributed by atoms with van der Waals surface area (Å²) < 4.78 is 24.9. The van der Waals surface area contributed by atoms with Crippen molar-refractivity contribution in [1.29, 1.82) is 0 Å². The summed E-state index contributed by atoms with van der Waals surface area (Å²) in [5.74, 6) is -0.929. The summed E-state index contributed by atoms with van der Waals surface area (Å²) in [7, 11) is -1.58. The van der Waals surface area contributed by atoms with E-state index in [1.165, 1.54) is 15.5 Å². The second kappa shape index (κ2) is 8.81. The molecule has 0 aliphatic carbocycles. The van der Waals surface area contributed by atoms with Gasteiger partial charge in [0.2, 0.25) is 21.8 Å². The number of nitrogens with one attached hydrogen (secondary N) is 1. The maximum absolute atomic E-state index is 12.9. The van der Waals surface area contributed by atoms with Gasteiger partial charge in [-0.2, -0.15) is 4.31 Å². The maximum Gasteiger partial charge on any atom is 0.255 e. The van der Waals surface area contributed by atoms with E-state index in [0.717, 1.165) is 22.4 Å². The van der Waals surface area contributed by atoms with Crippen molar-refractivity contribution in [2.75, 3.05) is 26.4 Å². The molecular formula is C24H27N5O5S. The Morgan fingerprint density at radius 1 is 1.14 bits per heavy atom. The number of carbonyl (C=O) groups is 3. The molecule has 5 rings (SSSR count). The third-order valence-electron chi connectivity index (χ3n) is 7.03. The molecule has 2 aromatic rings. The Bertz CT molecular complexity index is 1320. The van der Waals surface area contributed by atoms with Gasteiger partial charge in [-0.1, -0.05) is 6.07 Å². The largest absolute Gasteiger partial charge is 0.322 e. The lowest BCUT2D eigenvalue weighted by Gasteiger charge is -2.43. The van der Waals surface area contributed by atoms with Gasteiger partial charge < -0.3 is 4.90 Å². The number of pyridine rings is 1. The fraction of sp³-hybridized carbons (Fsp3) is 0.417. The third-order valence-corrected chi connectivity index (χ3v) is 8.37. The van der Waals surface area contributed by atoms with Crippen molar-refractivity contribution < 1.29 is 22.8 Å². The normalized spacial score (nSPS) is 21.3. The fourth-order valence-electron chi connectivity index (χ4n) is 4.89. The van der Waals surface area contributed by atoms with Crippen LogP contribution in [-0.4, -0.2) is 83.7 Å². The van der Waals surface area contributed by atoms with Gasteiger partial charge in [-0.05, 0) is 41.8 Å². The van der Waals surface area contributed by atoms with E-state index in [0.29, 0.717) is 38.2 Å². The molecule has 2 saturated heterocycles. The monoisotopic (exact) mass is 497 g/mol. The van der Waals surface area contributed by atoms with Crippen LogP contribution in [0.2, 0.25) is 0 Å². The number of benzene rings is 1. The van der Waals surface area contributed by atoms with Gasteiger partial charge in [0.15, 0.2) is 0 Å². The molecule has 1 N–H and O–H groups in total. The van der Waals surface area contributed by atoms with E-state index in [-0.39, 0.29) is 24.3 Å². The Balaban J connectivity index is 1.27. The molecule has 1 atom stereocenters. The Morgan fingerprint density at radius 2 is 1.91 bits per heavy atom. The summed E-state index contributed by atoms with van der Waals surface area (Å²) in [6, 6.07) is 8.87. The maximum atomic E-state index is 12.9. The molecule has 11 heteroatoms. The second-order valence-corrected chi connectivity index (χ2v) is 11.5. The first-order valence-corrected chi connectivity index (χ1v) is 13.3. The molecule has 35 heavy (non-hydrogen) atoms.